The minimum absolute atomic E-state index is 0.538. The molecule has 2 nitrogen and oxygen atoms in total. The SMILES string of the molecule is COc1ccc(C)cc1/C=C/CCCCC(C)(C)O. The summed E-state index contributed by atoms with van der Waals surface area (Å²) in [5, 5.41) is 9.62. The molecule has 0 saturated carbocycles. The van der Waals surface area contributed by atoms with Crippen molar-refractivity contribution in [1.82, 2.24) is 0 Å². The van der Waals surface area contributed by atoms with E-state index in [1.165, 1.54) is 5.56 Å². The maximum atomic E-state index is 9.62. The van der Waals surface area contributed by atoms with Crippen LogP contribution in [0.2, 0.25) is 0 Å². The molecule has 0 fully saturated rings. The number of allylic oxidation sites excluding steroid dienone is 1. The van der Waals surface area contributed by atoms with Crippen LogP contribution in [0.3, 0.4) is 0 Å². The molecule has 0 unspecified atom stereocenters. The van der Waals surface area contributed by atoms with Gasteiger partial charge in [0.05, 0.1) is 12.7 Å². The first kappa shape index (κ1) is 15.8. The van der Waals surface area contributed by atoms with E-state index in [0.717, 1.165) is 37.0 Å². The number of methoxy groups -OCH3 is 1. The van der Waals surface area contributed by atoms with Crippen LogP contribution < -0.4 is 4.74 Å². The molecule has 1 rings (SSSR count). The monoisotopic (exact) mass is 262 g/mol. The summed E-state index contributed by atoms with van der Waals surface area (Å²) in [6.07, 6.45) is 8.35. The Morgan fingerprint density at radius 3 is 2.63 bits per heavy atom. The van der Waals surface area contributed by atoms with Gasteiger partial charge in [-0.3, -0.25) is 0 Å². The molecule has 19 heavy (non-hydrogen) atoms. The fourth-order valence-electron chi connectivity index (χ4n) is 2.01. The second-order valence-corrected chi connectivity index (χ2v) is 5.71. The summed E-state index contributed by atoms with van der Waals surface area (Å²) in [7, 11) is 1.70. The van der Waals surface area contributed by atoms with Crippen LogP contribution in [-0.2, 0) is 0 Å². The van der Waals surface area contributed by atoms with Crippen molar-refractivity contribution in [2.24, 2.45) is 0 Å². The summed E-state index contributed by atoms with van der Waals surface area (Å²) in [6.45, 7) is 5.81. The maximum Gasteiger partial charge on any atom is 0.126 e. The van der Waals surface area contributed by atoms with Crippen LogP contribution in [0.15, 0.2) is 24.3 Å². The first-order valence-electron chi connectivity index (χ1n) is 6.96. The second-order valence-electron chi connectivity index (χ2n) is 5.71. The summed E-state index contributed by atoms with van der Waals surface area (Å²) in [6, 6.07) is 6.19. The van der Waals surface area contributed by atoms with E-state index in [1.807, 2.05) is 19.9 Å². The third kappa shape index (κ3) is 6.44. The molecule has 0 aliphatic rings. The van der Waals surface area contributed by atoms with E-state index in [0.29, 0.717) is 0 Å². The van der Waals surface area contributed by atoms with E-state index in [2.05, 4.69) is 31.2 Å². The molecule has 0 spiro atoms. The Kier molecular flexibility index (Phi) is 6.10. The Labute approximate surface area is 117 Å². The normalized spacial score (nSPS) is 12.1. The lowest BCUT2D eigenvalue weighted by atomic mass is 10.0. The fourth-order valence-corrected chi connectivity index (χ4v) is 2.01. The molecule has 0 heterocycles. The Hall–Kier alpha value is -1.28. The van der Waals surface area contributed by atoms with E-state index >= 15 is 0 Å². The number of unbranched alkanes of at least 4 members (excludes halogenated alkanes) is 2. The summed E-state index contributed by atoms with van der Waals surface area (Å²) >= 11 is 0. The first-order chi connectivity index (χ1) is 8.92. The minimum atomic E-state index is -0.538. The van der Waals surface area contributed by atoms with Gasteiger partial charge in [-0.25, -0.2) is 0 Å². The van der Waals surface area contributed by atoms with Crippen molar-refractivity contribution >= 4 is 6.08 Å². The van der Waals surface area contributed by atoms with E-state index in [9.17, 15) is 5.11 Å². The van der Waals surface area contributed by atoms with Gasteiger partial charge in [-0.05, 0) is 52.2 Å². The highest BCUT2D eigenvalue weighted by molar-refractivity contribution is 5.58. The molecule has 0 amide bonds. The Morgan fingerprint density at radius 1 is 1.26 bits per heavy atom. The van der Waals surface area contributed by atoms with E-state index in [1.54, 1.807) is 7.11 Å². The van der Waals surface area contributed by atoms with Gasteiger partial charge in [0.25, 0.3) is 0 Å². The quantitative estimate of drug-likeness (QED) is 0.740. The molecular formula is C17H26O2. The van der Waals surface area contributed by atoms with Gasteiger partial charge in [0.2, 0.25) is 0 Å². The van der Waals surface area contributed by atoms with Crippen molar-refractivity contribution < 1.29 is 9.84 Å². The second kappa shape index (κ2) is 7.34. The predicted molar refractivity (Wildman–Crippen MR) is 81.5 cm³/mol. The minimum Gasteiger partial charge on any atom is -0.496 e. The van der Waals surface area contributed by atoms with Crippen molar-refractivity contribution in [2.45, 2.75) is 52.1 Å². The lowest BCUT2D eigenvalue weighted by Gasteiger charge is -2.15. The highest BCUT2D eigenvalue weighted by Gasteiger charge is 2.10. The third-order valence-corrected chi connectivity index (χ3v) is 3.09. The van der Waals surface area contributed by atoms with Crippen LogP contribution >= 0.6 is 0 Å². The Bertz CT molecular complexity index is 414. The van der Waals surface area contributed by atoms with Gasteiger partial charge < -0.3 is 9.84 Å². The lowest BCUT2D eigenvalue weighted by molar-refractivity contribution is 0.0683. The lowest BCUT2D eigenvalue weighted by Crippen LogP contribution is -2.17. The molecular weight excluding hydrogens is 236 g/mol. The van der Waals surface area contributed by atoms with E-state index in [4.69, 9.17) is 4.74 Å². The third-order valence-electron chi connectivity index (χ3n) is 3.09. The number of hydrogen-bond acceptors (Lipinski definition) is 2. The zero-order valence-corrected chi connectivity index (χ0v) is 12.6. The number of rotatable bonds is 7. The summed E-state index contributed by atoms with van der Waals surface area (Å²) in [5.41, 5.74) is 1.83. The van der Waals surface area contributed by atoms with Crippen LogP contribution in [0.1, 0.15) is 50.7 Å². The molecule has 0 atom stereocenters. The highest BCUT2D eigenvalue weighted by Crippen LogP contribution is 2.21. The van der Waals surface area contributed by atoms with E-state index < -0.39 is 5.60 Å². The van der Waals surface area contributed by atoms with Gasteiger partial charge in [-0.2, -0.15) is 0 Å². The Morgan fingerprint density at radius 2 is 2.00 bits per heavy atom. The van der Waals surface area contributed by atoms with Gasteiger partial charge >= 0.3 is 0 Å². The van der Waals surface area contributed by atoms with Crippen LogP contribution in [-0.4, -0.2) is 17.8 Å². The molecule has 1 N–H and O–H groups in total. The number of aliphatic hydroxyl groups is 1. The number of hydrogen-bond donors (Lipinski definition) is 1. The largest absolute Gasteiger partial charge is 0.496 e. The first-order valence-corrected chi connectivity index (χ1v) is 6.96. The molecule has 0 radical (unpaired) electrons. The zero-order chi connectivity index (χ0) is 14.3. The van der Waals surface area contributed by atoms with Crippen molar-refractivity contribution in [3.8, 4) is 5.75 Å². The number of aryl methyl sites for hydroxylation is 1. The summed E-state index contributed by atoms with van der Waals surface area (Å²) < 4.78 is 5.34. The molecule has 0 bridgehead atoms. The Balaban J connectivity index is 2.42. The molecule has 1 aromatic carbocycles. The molecule has 0 aliphatic carbocycles. The molecule has 106 valence electrons. The molecule has 1 aromatic rings. The topological polar surface area (TPSA) is 29.5 Å². The smallest absolute Gasteiger partial charge is 0.126 e. The van der Waals surface area contributed by atoms with Crippen LogP contribution in [0.5, 0.6) is 5.75 Å². The van der Waals surface area contributed by atoms with Crippen molar-refractivity contribution in [3.05, 3.63) is 35.4 Å². The maximum absolute atomic E-state index is 9.62. The molecule has 0 aliphatic heterocycles. The summed E-state index contributed by atoms with van der Waals surface area (Å²) in [5.74, 6) is 0.915. The predicted octanol–water partition coefficient (Wildman–Crippen LogP) is 4.35. The molecule has 0 aromatic heterocycles. The average molecular weight is 262 g/mol. The number of ether oxygens (including phenoxy) is 1. The van der Waals surface area contributed by atoms with Crippen molar-refractivity contribution in [3.63, 3.8) is 0 Å². The highest BCUT2D eigenvalue weighted by atomic mass is 16.5. The van der Waals surface area contributed by atoms with Gasteiger partial charge in [-0.1, -0.05) is 30.2 Å². The molecule has 0 saturated heterocycles. The van der Waals surface area contributed by atoms with Gasteiger partial charge in [0.1, 0.15) is 5.75 Å². The van der Waals surface area contributed by atoms with Crippen LogP contribution in [0, 0.1) is 6.92 Å². The van der Waals surface area contributed by atoms with Gasteiger partial charge in [0, 0.05) is 5.56 Å². The van der Waals surface area contributed by atoms with Gasteiger partial charge in [-0.15, -0.1) is 0 Å². The van der Waals surface area contributed by atoms with Crippen LogP contribution in [0.25, 0.3) is 6.08 Å². The number of benzene rings is 1. The van der Waals surface area contributed by atoms with Gasteiger partial charge in [0.15, 0.2) is 0 Å². The van der Waals surface area contributed by atoms with E-state index in [-0.39, 0.29) is 0 Å². The van der Waals surface area contributed by atoms with Crippen molar-refractivity contribution in [1.29, 1.82) is 0 Å². The van der Waals surface area contributed by atoms with Crippen LogP contribution in [0.4, 0.5) is 0 Å². The average Bonchev–Trinajstić information content (AvgIpc) is 2.32. The fraction of sp³-hybridized carbons (Fsp3) is 0.529. The molecule has 2 heteroatoms. The zero-order valence-electron chi connectivity index (χ0n) is 12.6. The van der Waals surface area contributed by atoms with Crippen molar-refractivity contribution in [2.75, 3.05) is 7.11 Å². The standard InChI is InChI=1S/C17H26O2/c1-14-10-11-16(19-4)15(13-14)9-7-5-6-8-12-17(2,3)18/h7,9-11,13,18H,5-6,8,12H2,1-4H3/b9-7+. The summed E-state index contributed by atoms with van der Waals surface area (Å²) in [4.78, 5) is 0.